The van der Waals surface area contributed by atoms with Gasteiger partial charge in [-0.15, -0.1) is 11.8 Å². The Labute approximate surface area is 124 Å². The van der Waals surface area contributed by atoms with Crippen molar-refractivity contribution in [3.63, 3.8) is 0 Å². The summed E-state index contributed by atoms with van der Waals surface area (Å²) in [4.78, 5) is 14.3. The van der Waals surface area contributed by atoms with Crippen molar-refractivity contribution in [2.24, 2.45) is 0 Å². The maximum Gasteiger partial charge on any atom is 0.307 e. The molecular formula is C15H20N2O2S. The smallest absolute Gasteiger partial charge is 0.307 e. The number of thioether (sulfide) groups is 1. The molecule has 0 aliphatic rings. The van der Waals surface area contributed by atoms with Crippen LogP contribution in [-0.4, -0.2) is 31.9 Å². The van der Waals surface area contributed by atoms with Gasteiger partial charge < -0.3 is 9.64 Å². The fraction of sp³-hybridized carbons (Fsp3) is 0.467. The van der Waals surface area contributed by atoms with E-state index in [0.717, 1.165) is 16.3 Å². The van der Waals surface area contributed by atoms with Gasteiger partial charge in [-0.25, -0.2) is 0 Å². The van der Waals surface area contributed by atoms with Crippen LogP contribution in [0, 0.1) is 11.3 Å². The Kier molecular flexibility index (Phi) is 6.96. The van der Waals surface area contributed by atoms with E-state index in [2.05, 4.69) is 13.0 Å². The number of esters is 1. The molecule has 0 amide bonds. The van der Waals surface area contributed by atoms with E-state index in [4.69, 9.17) is 4.74 Å². The van der Waals surface area contributed by atoms with Crippen molar-refractivity contribution in [2.45, 2.75) is 25.2 Å². The molecule has 0 bridgehead atoms. The Morgan fingerprint density at radius 3 is 2.80 bits per heavy atom. The first-order valence-electron chi connectivity index (χ1n) is 6.66. The summed E-state index contributed by atoms with van der Waals surface area (Å²) in [6.07, 6.45) is 0.320. The molecule has 5 heteroatoms. The predicted octanol–water partition coefficient (Wildman–Crippen LogP) is 3.06. The highest BCUT2D eigenvalue weighted by Crippen LogP contribution is 2.29. The van der Waals surface area contributed by atoms with Crippen molar-refractivity contribution in [2.75, 3.05) is 30.9 Å². The van der Waals surface area contributed by atoms with Crippen LogP contribution in [0.15, 0.2) is 23.1 Å². The lowest BCUT2D eigenvalue weighted by atomic mass is 10.1. The number of carbonyl (C=O) groups excluding carboxylic acids is 1. The number of hydrogen-bond acceptors (Lipinski definition) is 5. The van der Waals surface area contributed by atoms with Gasteiger partial charge in [0.05, 0.1) is 24.3 Å². The molecule has 0 N–H and O–H groups in total. The topological polar surface area (TPSA) is 53.3 Å². The zero-order chi connectivity index (χ0) is 15.0. The molecule has 0 heterocycles. The highest BCUT2D eigenvalue weighted by Gasteiger charge is 2.13. The Balaban J connectivity index is 2.82. The normalized spacial score (nSPS) is 9.90. The summed E-state index contributed by atoms with van der Waals surface area (Å²) in [7, 11) is 1.88. The minimum atomic E-state index is -0.211. The molecule has 0 spiro atoms. The molecule has 0 atom stereocenters. The summed E-state index contributed by atoms with van der Waals surface area (Å²) in [5, 5.41) is 9.35. The average molecular weight is 292 g/mol. The van der Waals surface area contributed by atoms with Gasteiger partial charge in [0.25, 0.3) is 0 Å². The fourth-order valence-corrected chi connectivity index (χ4v) is 2.62. The molecule has 4 nitrogen and oxygen atoms in total. The SMILES string of the molecule is CCOC(=O)CCN(C)c1cccc(SCC)c1C#N. The predicted molar refractivity (Wildman–Crippen MR) is 82.1 cm³/mol. The van der Waals surface area contributed by atoms with Crippen LogP contribution < -0.4 is 4.90 Å². The summed E-state index contributed by atoms with van der Waals surface area (Å²) in [5.41, 5.74) is 1.53. The molecule has 0 fully saturated rings. The third-order valence-corrected chi connectivity index (χ3v) is 3.72. The van der Waals surface area contributed by atoms with Crippen LogP contribution in [0.4, 0.5) is 5.69 Å². The van der Waals surface area contributed by atoms with E-state index in [9.17, 15) is 10.1 Å². The Morgan fingerprint density at radius 1 is 1.45 bits per heavy atom. The third-order valence-electron chi connectivity index (χ3n) is 2.78. The molecule has 0 saturated carbocycles. The Hall–Kier alpha value is -1.67. The quantitative estimate of drug-likeness (QED) is 0.571. The van der Waals surface area contributed by atoms with Crippen LogP contribution in [0.3, 0.4) is 0 Å². The summed E-state index contributed by atoms with van der Waals surface area (Å²) < 4.78 is 4.91. The van der Waals surface area contributed by atoms with E-state index in [-0.39, 0.29) is 5.97 Å². The van der Waals surface area contributed by atoms with E-state index >= 15 is 0 Å². The molecule has 0 aliphatic heterocycles. The first-order chi connectivity index (χ1) is 9.63. The zero-order valence-electron chi connectivity index (χ0n) is 12.2. The largest absolute Gasteiger partial charge is 0.466 e. The second-order valence-corrected chi connectivity index (χ2v) is 5.48. The van der Waals surface area contributed by atoms with E-state index in [1.54, 1.807) is 18.7 Å². The highest BCUT2D eigenvalue weighted by molar-refractivity contribution is 7.99. The first-order valence-corrected chi connectivity index (χ1v) is 7.65. The molecule has 1 aromatic carbocycles. The molecule has 1 rings (SSSR count). The molecule has 0 aromatic heterocycles. The minimum Gasteiger partial charge on any atom is -0.466 e. The number of nitriles is 1. The minimum absolute atomic E-state index is 0.211. The van der Waals surface area contributed by atoms with Gasteiger partial charge in [-0.05, 0) is 24.8 Å². The molecule has 108 valence electrons. The maximum atomic E-state index is 11.4. The number of carbonyl (C=O) groups is 1. The van der Waals surface area contributed by atoms with E-state index in [1.807, 2.05) is 30.1 Å². The van der Waals surface area contributed by atoms with E-state index in [1.165, 1.54) is 0 Å². The number of hydrogen-bond donors (Lipinski definition) is 0. The monoisotopic (exact) mass is 292 g/mol. The van der Waals surface area contributed by atoms with Crippen molar-refractivity contribution < 1.29 is 9.53 Å². The third kappa shape index (κ3) is 4.46. The number of anilines is 1. The van der Waals surface area contributed by atoms with Gasteiger partial charge in [-0.1, -0.05) is 13.0 Å². The maximum absolute atomic E-state index is 11.4. The van der Waals surface area contributed by atoms with Crippen LogP contribution in [0.2, 0.25) is 0 Å². The lowest BCUT2D eigenvalue weighted by Gasteiger charge is -2.21. The number of ether oxygens (including phenoxy) is 1. The summed E-state index contributed by atoms with van der Waals surface area (Å²) in [5.74, 6) is 0.710. The van der Waals surface area contributed by atoms with Crippen molar-refractivity contribution in [1.82, 2.24) is 0 Å². The molecule has 0 saturated heterocycles. The van der Waals surface area contributed by atoms with Crippen LogP contribution in [0.1, 0.15) is 25.8 Å². The zero-order valence-corrected chi connectivity index (χ0v) is 13.0. The highest BCUT2D eigenvalue weighted by atomic mass is 32.2. The lowest BCUT2D eigenvalue weighted by molar-refractivity contribution is -0.142. The number of nitrogens with zero attached hydrogens (tertiary/aromatic N) is 2. The fourth-order valence-electron chi connectivity index (χ4n) is 1.84. The molecule has 0 aliphatic carbocycles. The van der Waals surface area contributed by atoms with Crippen molar-refractivity contribution in [3.05, 3.63) is 23.8 Å². The van der Waals surface area contributed by atoms with Gasteiger partial charge in [-0.2, -0.15) is 5.26 Å². The van der Waals surface area contributed by atoms with Crippen molar-refractivity contribution >= 4 is 23.4 Å². The van der Waals surface area contributed by atoms with Gasteiger partial charge in [0.2, 0.25) is 0 Å². The van der Waals surface area contributed by atoms with Gasteiger partial charge in [-0.3, -0.25) is 4.79 Å². The number of benzene rings is 1. The summed E-state index contributed by atoms with van der Waals surface area (Å²) in [6.45, 7) is 4.78. The Bertz CT molecular complexity index is 497. The molecule has 0 radical (unpaired) electrons. The molecule has 20 heavy (non-hydrogen) atoms. The van der Waals surface area contributed by atoms with Crippen LogP contribution >= 0.6 is 11.8 Å². The lowest BCUT2D eigenvalue weighted by Crippen LogP contribution is -2.23. The molecule has 1 aromatic rings. The van der Waals surface area contributed by atoms with E-state index < -0.39 is 0 Å². The average Bonchev–Trinajstić information content (AvgIpc) is 2.45. The Morgan fingerprint density at radius 2 is 2.20 bits per heavy atom. The standard InChI is InChI=1S/C15H20N2O2S/c1-4-19-15(18)9-10-17(3)13-7-6-8-14(20-5-2)12(13)11-16/h6-8H,4-5,9-10H2,1-3H3. The van der Waals surface area contributed by atoms with Gasteiger partial charge in [0.15, 0.2) is 0 Å². The van der Waals surface area contributed by atoms with Gasteiger partial charge in [0, 0.05) is 18.5 Å². The van der Waals surface area contributed by atoms with Crippen molar-refractivity contribution in [3.8, 4) is 6.07 Å². The van der Waals surface area contributed by atoms with Crippen molar-refractivity contribution in [1.29, 1.82) is 5.26 Å². The molecule has 0 unspecified atom stereocenters. The second-order valence-electron chi connectivity index (χ2n) is 4.17. The van der Waals surface area contributed by atoms with Crippen LogP contribution in [-0.2, 0) is 9.53 Å². The van der Waals surface area contributed by atoms with Gasteiger partial charge >= 0.3 is 5.97 Å². The van der Waals surface area contributed by atoms with E-state index in [0.29, 0.717) is 25.1 Å². The number of rotatable bonds is 7. The second kappa shape index (κ2) is 8.49. The van der Waals surface area contributed by atoms with Crippen LogP contribution in [0.5, 0.6) is 0 Å². The van der Waals surface area contributed by atoms with Crippen LogP contribution in [0.25, 0.3) is 0 Å². The first kappa shape index (κ1) is 16.4. The molecular weight excluding hydrogens is 272 g/mol. The van der Waals surface area contributed by atoms with Gasteiger partial charge in [0.1, 0.15) is 6.07 Å². The summed E-state index contributed by atoms with van der Waals surface area (Å²) >= 11 is 1.65. The summed E-state index contributed by atoms with van der Waals surface area (Å²) in [6, 6.07) is 8.06.